The molecule has 0 aliphatic carbocycles. The molecule has 96 valence electrons. The lowest BCUT2D eigenvalue weighted by molar-refractivity contribution is 0.364. The van der Waals surface area contributed by atoms with E-state index in [0.717, 1.165) is 16.6 Å². The minimum Gasteiger partial charge on any atom is -0.338 e. The number of rotatable bonds is 5. The Hall–Kier alpha value is -1.20. The third-order valence-electron chi connectivity index (χ3n) is 2.38. The Morgan fingerprint density at radius 2 is 2.22 bits per heavy atom. The van der Waals surface area contributed by atoms with Crippen molar-refractivity contribution in [1.29, 1.82) is 0 Å². The summed E-state index contributed by atoms with van der Waals surface area (Å²) in [5, 5.41) is 7.25. The summed E-state index contributed by atoms with van der Waals surface area (Å²) in [5.41, 5.74) is 0.947. The first-order chi connectivity index (χ1) is 8.65. The van der Waals surface area contributed by atoms with Gasteiger partial charge < -0.3 is 9.84 Å². The van der Waals surface area contributed by atoms with E-state index in [-0.39, 0.29) is 0 Å². The fourth-order valence-electron chi connectivity index (χ4n) is 1.54. The Balaban J connectivity index is 2.02. The number of nitrogens with one attached hydrogen (secondary N) is 1. The van der Waals surface area contributed by atoms with Crippen LogP contribution in [0.5, 0.6) is 0 Å². The van der Waals surface area contributed by atoms with Crippen LogP contribution in [0.2, 0.25) is 0 Å². The molecule has 0 atom stereocenters. The van der Waals surface area contributed by atoms with Crippen LogP contribution < -0.4 is 5.32 Å². The number of benzene rings is 1. The molecule has 1 aromatic carbocycles. The van der Waals surface area contributed by atoms with Crippen molar-refractivity contribution in [3.8, 4) is 11.4 Å². The number of aromatic nitrogens is 2. The maximum atomic E-state index is 5.20. The molecular weight excluding hydrogens is 294 g/mol. The van der Waals surface area contributed by atoms with Gasteiger partial charge in [-0.15, -0.1) is 0 Å². The van der Waals surface area contributed by atoms with Crippen molar-refractivity contribution in [2.24, 2.45) is 5.92 Å². The molecule has 0 bridgehead atoms. The van der Waals surface area contributed by atoms with Crippen LogP contribution in [0, 0.1) is 5.92 Å². The third-order valence-corrected chi connectivity index (χ3v) is 2.87. The molecule has 0 aliphatic heterocycles. The minimum atomic E-state index is 0.609. The third kappa shape index (κ3) is 3.65. The quantitative estimate of drug-likeness (QED) is 0.921. The van der Waals surface area contributed by atoms with Crippen LogP contribution in [-0.4, -0.2) is 16.7 Å². The van der Waals surface area contributed by atoms with Gasteiger partial charge in [0.25, 0.3) is 0 Å². The monoisotopic (exact) mass is 309 g/mol. The van der Waals surface area contributed by atoms with Crippen LogP contribution in [-0.2, 0) is 6.54 Å². The van der Waals surface area contributed by atoms with Crippen molar-refractivity contribution in [3.05, 3.63) is 34.6 Å². The Kier molecular flexibility index (Phi) is 4.49. The molecule has 2 rings (SSSR count). The summed E-state index contributed by atoms with van der Waals surface area (Å²) in [6.45, 7) is 5.87. The summed E-state index contributed by atoms with van der Waals surface area (Å²) in [6, 6.07) is 7.85. The van der Waals surface area contributed by atoms with Gasteiger partial charge in [0.2, 0.25) is 11.7 Å². The predicted octanol–water partition coefficient (Wildman–Crippen LogP) is 3.24. The van der Waals surface area contributed by atoms with Crippen LogP contribution >= 0.6 is 15.9 Å². The summed E-state index contributed by atoms with van der Waals surface area (Å²) in [4.78, 5) is 4.36. The van der Waals surface area contributed by atoms with Crippen LogP contribution in [0.25, 0.3) is 11.4 Å². The van der Waals surface area contributed by atoms with Crippen LogP contribution in [0.1, 0.15) is 19.7 Å². The highest BCUT2D eigenvalue weighted by atomic mass is 79.9. The first-order valence-corrected chi connectivity index (χ1v) is 6.73. The van der Waals surface area contributed by atoms with E-state index in [1.807, 2.05) is 24.3 Å². The van der Waals surface area contributed by atoms with Gasteiger partial charge in [0, 0.05) is 10.0 Å². The van der Waals surface area contributed by atoms with Gasteiger partial charge in [-0.25, -0.2) is 0 Å². The zero-order valence-corrected chi connectivity index (χ0v) is 12.1. The summed E-state index contributed by atoms with van der Waals surface area (Å²) in [5.74, 6) is 1.85. The van der Waals surface area contributed by atoms with Crippen molar-refractivity contribution >= 4 is 15.9 Å². The first-order valence-electron chi connectivity index (χ1n) is 5.94. The van der Waals surface area contributed by atoms with Crippen LogP contribution in [0.3, 0.4) is 0 Å². The van der Waals surface area contributed by atoms with Crippen molar-refractivity contribution in [3.63, 3.8) is 0 Å². The van der Waals surface area contributed by atoms with E-state index in [4.69, 9.17) is 4.52 Å². The van der Waals surface area contributed by atoms with Crippen molar-refractivity contribution in [2.75, 3.05) is 6.54 Å². The molecule has 0 saturated carbocycles. The molecule has 4 nitrogen and oxygen atoms in total. The molecular formula is C13H16BrN3O. The minimum absolute atomic E-state index is 0.609. The van der Waals surface area contributed by atoms with Crippen LogP contribution in [0.4, 0.5) is 0 Å². The molecule has 5 heteroatoms. The average molecular weight is 310 g/mol. The van der Waals surface area contributed by atoms with Gasteiger partial charge >= 0.3 is 0 Å². The second-order valence-electron chi connectivity index (χ2n) is 4.55. The Bertz CT molecular complexity index is 510. The van der Waals surface area contributed by atoms with Crippen molar-refractivity contribution in [2.45, 2.75) is 20.4 Å². The van der Waals surface area contributed by atoms with Crippen LogP contribution in [0.15, 0.2) is 33.3 Å². The number of halogens is 1. The highest BCUT2D eigenvalue weighted by molar-refractivity contribution is 9.10. The normalized spacial score (nSPS) is 11.1. The van der Waals surface area contributed by atoms with Gasteiger partial charge in [0.15, 0.2) is 0 Å². The van der Waals surface area contributed by atoms with E-state index in [9.17, 15) is 0 Å². The SMILES string of the molecule is CC(C)CNCc1nc(-c2cccc(Br)c2)no1. The van der Waals surface area contributed by atoms with Gasteiger partial charge in [0.1, 0.15) is 0 Å². The molecule has 0 unspecified atom stereocenters. The molecule has 1 N–H and O–H groups in total. The zero-order valence-electron chi connectivity index (χ0n) is 10.5. The van der Waals surface area contributed by atoms with E-state index in [0.29, 0.717) is 24.2 Å². The standard InChI is InChI=1S/C13H16BrN3O/c1-9(2)7-15-8-12-16-13(17-18-12)10-4-3-5-11(14)6-10/h3-6,9,15H,7-8H2,1-2H3. The highest BCUT2D eigenvalue weighted by Crippen LogP contribution is 2.20. The maximum Gasteiger partial charge on any atom is 0.240 e. The summed E-state index contributed by atoms with van der Waals surface area (Å²) >= 11 is 3.43. The van der Waals surface area contributed by atoms with E-state index in [2.05, 4.69) is 45.2 Å². The maximum absolute atomic E-state index is 5.20. The lowest BCUT2D eigenvalue weighted by Gasteiger charge is -2.03. The van der Waals surface area contributed by atoms with E-state index in [1.54, 1.807) is 0 Å². The second kappa shape index (κ2) is 6.11. The van der Waals surface area contributed by atoms with Gasteiger partial charge in [-0.05, 0) is 24.6 Å². The molecule has 0 saturated heterocycles. The molecule has 0 amide bonds. The van der Waals surface area contributed by atoms with Gasteiger partial charge in [-0.3, -0.25) is 0 Å². The number of nitrogens with zero attached hydrogens (tertiary/aromatic N) is 2. The number of hydrogen-bond acceptors (Lipinski definition) is 4. The predicted molar refractivity (Wildman–Crippen MR) is 74.0 cm³/mol. The first kappa shape index (κ1) is 13.2. The summed E-state index contributed by atoms with van der Waals surface area (Å²) in [6.07, 6.45) is 0. The molecule has 0 aliphatic rings. The fourth-order valence-corrected chi connectivity index (χ4v) is 1.94. The Morgan fingerprint density at radius 3 is 2.94 bits per heavy atom. The van der Waals surface area contributed by atoms with Gasteiger partial charge in [0.05, 0.1) is 6.54 Å². The molecule has 18 heavy (non-hydrogen) atoms. The van der Waals surface area contributed by atoms with Gasteiger partial charge in [-0.1, -0.05) is 47.1 Å². The summed E-state index contributed by atoms with van der Waals surface area (Å²) < 4.78 is 6.21. The molecule has 0 spiro atoms. The fraction of sp³-hybridized carbons (Fsp3) is 0.385. The molecule has 0 radical (unpaired) electrons. The largest absolute Gasteiger partial charge is 0.338 e. The molecule has 1 aromatic heterocycles. The second-order valence-corrected chi connectivity index (χ2v) is 5.46. The topological polar surface area (TPSA) is 51.0 Å². The lowest BCUT2D eigenvalue weighted by Crippen LogP contribution is -2.19. The molecule has 1 heterocycles. The highest BCUT2D eigenvalue weighted by Gasteiger charge is 2.08. The zero-order chi connectivity index (χ0) is 13.0. The van der Waals surface area contributed by atoms with E-state index < -0.39 is 0 Å². The average Bonchev–Trinajstić information content (AvgIpc) is 2.77. The van der Waals surface area contributed by atoms with E-state index >= 15 is 0 Å². The lowest BCUT2D eigenvalue weighted by atomic mass is 10.2. The Morgan fingerprint density at radius 1 is 1.39 bits per heavy atom. The number of hydrogen-bond donors (Lipinski definition) is 1. The summed E-state index contributed by atoms with van der Waals surface area (Å²) in [7, 11) is 0. The smallest absolute Gasteiger partial charge is 0.240 e. The van der Waals surface area contributed by atoms with Crippen molar-refractivity contribution < 1.29 is 4.52 Å². The molecule has 0 fully saturated rings. The van der Waals surface area contributed by atoms with Crippen molar-refractivity contribution in [1.82, 2.24) is 15.5 Å². The molecule has 2 aromatic rings. The Labute approximate surface area is 115 Å². The van der Waals surface area contributed by atoms with Gasteiger partial charge in [-0.2, -0.15) is 4.98 Å². The van der Waals surface area contributed by atoms with E-state index in [1.165, 1.54) is 0 Å².